The summed E-state index contributed by atoms with van der Waals surface area (Å²) in [5.74, 6) is -0.142. The number of carbonyl (C=O) groups is 1. The van der Waals surface area contributed by atoms with Gasteiger partial charge >= 0.3 is 6.18 Å². The van der Waals surface area contributed by atoms with Crippen LogP contribution in [0.1, 0.15) is 21.7 Å². The van der Waals surface area contributed by atoms with Gasteiger partial charge in [-0.25, -0.2) is 0 Å². The molecule has 3 aromatic rings. The summed E-state index contributed by atoms with van der Waals surface area (Å²) >= 11 is 3.34. The van der Waals surface area contributed by atoms with Crippen LogP contribution in [0, 0.1) is 0 Å². The van der Waals surface area contributed by atoms with E-state index in [0.29, 0.717) is 15.9 Å². The molecule has 2 heterocycles. The molecule has 2 aromatic heterocycles. The number of carbonyl (C=O) groups excluding carboxylic acids is 1. The number of aryl methyl sites for hydroxylation is 1. The van der Waals surface area contributed by atoms with E-state index < -0.39 is 23.7 Å². The number of aromatic nitrogens is 2. The topological polar surface area (TPSA) is 86.1 Å². The van der Waals surface area contributed by atoms with Crippen LogP contribution in [-0.2, 0) is 19.6 Å². The summed E-state index contributed by atoms with van der Waals surface area (Å²) in [6.45, 7) is -0.0333. The van der Waals surface area contributed by atoms with Crippen LogP contribution in [0.2, 0.25) is 0 Å². The van der Waals surface area contributed by atoms with E-state index in [9.17, 15) is 18.0 Å². The molecule has 0 saturated carbocycles. The number of benzene rings is 1. The Bertz CT molecular complexity index is 1010. The Kier molecular flexibility index (Phi) is 6.13. The van der Waals surface area contributed by atoms with E-state index >= 15 is 0 Å². The molecule has 1 aromatic carbocycles. The van der Waals surface area contributed by atoms with Crippen molar-refractivity contribution in [2.45, 2.75) is 18.6 Å². The van der Waals surface area contributed by atoms with E-state index in [1.165, 1.54) is 24.3 Å². The maximum Gasteiger partial charge on any atom is 0.416 e. The molecule has 10 heteroatoms. The number of hydrogen-bond acceptors (Lipinski definition) is 4. The Morgan fingerprint density at radius 3 is 2.69 bits per heavy atom. The highest BCUT2D eigenvalue weighted by Gasteiger charge is 2.33. The van der Waals surface area contributed by atoms with E-state index in [-0.39, 0.29) is 24.3 Å². The molecule has 0 spiro atoms. The lowest BCUT2D eigenvalue weighted by Gasteiger charge is -2.19. The van der Waals surface area contributed by atoms with Crippen molar-refractivity contribution in [1.82, 2.24) is 15.1 Å². The highest BCUT2D eigenvalue weighted by molar-refractivity contribution is 9.10. The largest absolute Gasteiger partial charge is 0.448 e. The summed E-state index contributed by atoms with van der Waals surface area (Å²) in [4.78, 5) is 12.6. The molecule has 0 bridgehead atoms. The maximum atomic E-state index is 13.2. The molecule has 154 valence electrons. The smallest absolute Gasteiger partial charge is 0.416 e. The molecule has 0 aliphatic carbocycles. The SMILES string of the molecule is Cn1nccc1-c1oc(C(=O)NC(CN)Cc2ccccc2C(F)(F)F)cc1Br. The van der Waals surface area contributed by atoms with E-state index in [4.69, 9.17) is 10.2 Å². The molecule has 1 unspecified atom stereocenters. The Hall–Kier alpha value is -2.59. The molecule has 1 amide bonds. The second-order valence-electron chi connectivity index (χ2n) is 6.39. The molecule has 6 nitrogen and oxygen atoms in total. The summed E-state index contributed by atoms with van der Waals surface area (Å²) in [5.41, 5.74) is 5.67. The molecular weight excluding hydrogens is 453 g/mol. The van der Waals surface area contributed by atoms with Crippen LogP contribution in [0.3, 0.4) is 0 Å². The summed E-state index contributed by atoms with van der Waals surface area (Å²) in [6.07, 6.45) is -2.95. The number of nitrogens with one attached hydrogen (secondary N) is 1. The summed E-state index contributed by atoms with van der Waals surface area (Å²) in [5, 5.41) is 6.69. The van der Waals surface area contributed by atoms with Gasteiger partial charge in [0.2, 0.25) is 0 Å². The number of nitrogens with two attached hydrogens (primary N) is 1. The first-order chi connectivity index (χ1) is 13.7. The normalized spacial score (nSPS) is 12.8. The average molecular weight is 471 g/mol. The van der Waals surface area contributed by atoms with Crippen molar-refractivity contribution in [3.05, 3.63) is 64.0 Å². The van der Waals surface area contributed by atoms with E-state index in [1.807, 2.05) is 0 Å². The van der Waals surface area contributed by atoms with Crippen molar-refractivity contribution in [1.29, 1.82) is 0 Å². The Balaban J connectivity index is 1.77. The number of halogens is 4. The molecule has 0 saturated heterocycles. The summed E-state index contributed by atoms with van der Waals surface area (Å²) < 4.78 is 47.4. The van der Waals surface area contributed by atoms with Crippen molar-refractivity contribution in [3.8, 4) is 11.5 Å². The number of furan rings is 1. The van der Waals surface area contributed by atoms with Crippen molar-refractivity contribution in [2.24, 2.45) is 12.8 Å². The minimum atomic E-state index is -4.48. The third kappa shape index (κ3) is 4.70. The molecule has 3 N–H and O–H groups in total. The third-order valence-corrected chi connectivity index (χ3v) is 4.96. The maximum absolute atomic E-state index is 13.2. The first-order valence-corrected chi connectivity index (χ1v) is 9.43. The molecule has 0 aliphatic rings. The minimum Gasteiger partial charge on any atom is -0.448 e. The van der Waals surface area contributed by atoms with Crippen molar-refractivity contribution in [2.75, 3.05) is 6.54 Å². The predicted octanol–water partition coefficient (Wildman–Crippen LogP) is 3.76. The van der Waals surface area contributed by atoms with Gasteiger partial charge in [0.25, 0.3) is 5.91 Å². The number of rotatable bonds is 6. The first kappa shape index (κ1) is 21.1. The number of hydrogen-bond donors (Lipinski definition) is 2. The van der Waals surface area contributed by atoms with Crippen LogP contribution in [0.5, 0.6) is 0 Å². The molecule has 3 rings (SSSR count). The van der Waals surface area contributed by atoms with Crippen molar-refractivity contribution >= 4 is 21.8 Å². The fourth-order valence-electron chi connectivity index (χ4n) is 2.94. The Labute approximate surface area is 173 Å². The number of alkyl halides is 3. The van der Waals surface area contributed by atoms with Gasteiger partial charge in [-0.15, -0.1) is 0 Å². The summed E-state index contributed by atoms with van der Waals surface area (Å²) in [7, 11) is 1.73. The van der Waals surface area contributed by atoms with Gasteiger partial charge in [-0.2, -0.15) is 18.3 Å². The van der Waals surface area contributed by atoms with E-state index in [0.717, 1.165) is 6.07 Å². The van der Waals surface area contributed by atoms with Crippen LogP contribution < -0.4 is 11.1 Å². The van der Waals surface area contributed by atoms with Gasteiger partial charge in [-0.1, -0.05) is 18.2 Å². The van der Waals surface area contributed by atoms with Gasteiger partial charge < -0.3 is 15.5 Å². The molecule has 1 atom stereocenters. The van der Waals surface area contributed by atoms with Crippen molar-refractivity contribution in [3.63, 3.8) is 0 Å². The molecule has 0 radical (unpaired) electrons. The van der Waals surface area contributed by atoms with Crippen LogP contribution in [0.25, 0.3) is 11.5 Å². The highest BCUT2D eigenvalue weighted by atomic mass is 79.9. The lowest BCUT2D eigenvalue weighted by Crippen LogP contribution is -2.42. The van der Waals surface area contributed by atoms with Gasteiger partial charge in [0, 0.05) is 31.9 Å². The van der Waals surface area contributed by atoms with Crippen LogP contribution in [0.4, 0.5) is 13.2 Å². The van der Waals surface area contributed by atoms with Gasteiger partial charge in [-0.3, -0.25) is 9.48 Å². The van der Waals surface area contributed by atoms with Gasteiger partial charge in [0.15, 0.2) is 11.5 Å². The monoisotopic (exact) mass is 470 g/mol. The molecular formula is C19H18BrF3N4O2. The van der Waals surface area contributed by atoms with Gasteiger partial charge in [0.05, 0.1) is 10.0 Å². The number of amides is 1. The average Bonchev–Trinajstić information content (AvgIpc) is 3.25. The third-order valence-electron chi connectivity index (χ3n) is 4.37. The lowest BCUT2D eigenvalue weighted by atomic mass is 9.99. The van der Waals surface area contributed by atoms with Crippen LogP contribution in [0.15, 0.2) is 51.5 Å². The standard InChI is InChI=1S/C19H18BrF3N4O2/c1-27-15(6-7-25-27)17-14(20)9-16(29-17)18(28)26-12(10-24)8-11-4-2-3-5-13(11)19(21,22)23/h2-7,9,12H,8,10,24H2,1H3,(H,26,28). The lowest BCUT2D eigenvalue weighted by molar-refractivity contribution is -0.138. The van der Waals surface area contributed by atoms with Crippen LogP contribution >= 0.6 is 15.9 Å². The Morgan fingerprint density at radius 2 is 2.07 bits per heavy atom. The minimum absolute atomic E-state index is 0.00984. The van der Waals surface area contributed by atoms with Crippen LogP contribution in [-0.4, -0.2) is 28.3 Å². The molecule has 29 heavy (non-hydrogen) atoms. The quantitative estimate of drug-likeness (QED) is 0.574. The zero-order valence-corrected chi connectivity index (χ0v) is 16.9. The number of nitrogens with zero attached hydrogens (tertiary/aromatic N) is 2. The summed E-state index contributed by atoms with van der Waals surface area (Å²) in [6, 6.07) is 7.74. The second kappa shape index (κ2) is 8.42. The van der Waals surface area contributed by atoms with E-state index in [1.54, 1.807) is 24.0 Å². The fourth-order valence-corrected chi connectivity index (χ4v) is 3.43. The van der Waals surface area contributed by atoms with Gasteiger partial charge in [0.1, 0.15) is 5.69 Å². The first-order valence-electron chi connectivity index (χ1n) is 8.64. The molecule has 0 fully saturated rings. The zero-order valence-electron chi connectivity index (χ0n) is 15.3. The Morgan fingerprint density at radius 1 is 1.34 bits per heavy atom. The van der Waals surface area contributed by atoms with E-state index in [2.05, 4.69) is 26.3 Å². The highest BCUT2D eigenvalue weighted by Crippen LogP contribution is 2.33. The van der Waals surface area contributed by atoms with Crippen molar-refractivity contribution < 1.29 is 22.4 Å². The predicted molar refractivity (Wildman–Crippen MR) is 104 cm³/mol. The fraction of sp³-hybridized carbons (Fsp3) is 0.263. The molecule has 0 aliphatic heterocycles. The zero-order chi connectivity index (χ0) is 21.2. The second-order valence-corrected chi connectivity index (χ2v) is 7.25. The van der Waals surface area contributed by atoms with Gasteiger partial charge in [-0.05, 0) is 40.0 Å².